The van der Waals surface area contributed by atoms with E-state index in [4.69, 9.17) is 16.3 Å². The highest BCUT2D eigenvalue weighted by molar-refractivity contribution is 8.13. The number of benzene rings is 2. The normalized spacial score (nSPS) is 10.9. The molecule has 0 radical (unpaired) electrons. The average molecular weight is 338 g/mol. The smallest absolute Gasteiger partial charge is 0.282 e. The SMILES string of the molecule is BS(=O)(=O)Nc1cc(N)ccc1/N=N/c1c(C#N)cccc1C#N. The Bertz CT molecular complexity index is 973. The average Bonchev–Trinajstić information content (AvgIpc) is 2.52. The number of hydrogen-bond donors (Lipinski definition) is 2. The van der Waals surface area contributed by atoms with Gasteiger partial charge < -0.3 is 5.73 Å². The first-order valence-corrected chi connectivity index (χ1v) is 8.45. The predicted octanol–water partition coefficient (Wildman–Crippen LogP) is 1.72. The molecule has 0 fully saturated rings. The molecular weight excluding hydrogens is 327 g/mol. The summed E-state index contributed by atoms with van der Waals surface area (Å²) in [6.45, 7) is 0. The molecule has 0 aliphatic rings. The van der Waals surface area contributed by atoms with Crippen LogP contribution in [-0.4, -0.2) is 15.5 Å². The van der Waals surface area contributed by atoms with Crippen LogP contribution in [0.3, 0.4) is 0 Å². The zero-order valence-electron chi connectivity index (χ0n) is 12.6. The minimum atomic E-state index is -3.54. The Labute approximate surface area is 139 Å². The molecule has 118 valence electrons. The van der Waals surface area contributed by atoms with Gasteiger partial charge in [0.25, 0.3) is 7.12 Å². The first kappa shape index (κ1) is 17.0. The topological polar surface area (TPSA) is 144 Å². The van der Waals surface area contributed by atoms with Crippen LogP contribution in [0.2, 0.25) is 0 Å². The highest BCUT2D eigenvalue weighted by atomic mass is 32.2. The van der Waals surface area contributed by atoms with Crippen LogP contribution in [0.4, 0.5) is 22.7 Å². The fourth-order valence-corrected chi connectivity index (χ4v) is 2.42. The molecule has 8 nitrogen and oxygen atoms in total. The summed E-state index contributed by atoms with van der Waals surface area (Å²) in [4.78, 5) is 0. The molecule has 0 unspecified atom stereocenters. The van der Waals surface area contributed by atoms with Gasteiger partial charge in [0.1, 0.15) is 23.5 Å². The van der Waals surface area contributed by atoms with Gasteiger partial charge in [0.2, 0.25) is 0 Å². The molecule has 2 aromatic rings. The Hall–Kier alpha value is -3.37. The van der Waals surface area contributed by atoms with Crippen molar-refractivity contribution in [3.05, 3.63) is 47.5 Å². The standard InChI is InChI=1S/C14H11BN6O2S/c15-24(22,23)21-13-6-11(18)4-5-12(13)19-20-14-9(7-16)2-1-3-10(14)8-17/h1-6,21H,15,18H2/b20-19+. The number of anilines is 2. The van der Waals surface area contributed by atoms with Gasteiger partial charge in [-0.05, 0) is 30.3 Å². The first-order valence-electron chi connectivity index (χ1n) is 6.56. The lowest BCUT2D eigenvalue weighted by Gasteiger charge is -2.08. The number of nitriles is 2. The van der Waals surface area contributed by atoms with E-state index in [0.717, 1.165) is 7.12 Å². The third kappa shape index (κ3) is 4.09. The second-order valence-electron chi connectivity index (χ2n) is 4.78. The molecule has 0 saturated carbocycles. The van der Waals surface area contributed by atoms with E-state index in [2.05, 4.69) is 15.0 Å². The summed E-state index contributed by atoms with van der Waals surface area (Å²) >= 11 is 0. The van der Waals surface area contributed by atoms with E-state index in [-0.39, 0.29) is 28.2 Å². The summed E-state index contributed by atoms with van der Waals surface area (Å²) in [5.41, 5.74) is 6.83. The van der Waals surface area contributed by atoms with Gasteiger partial charge in [-0.1, -0.05) is 6.07 Å². The lowest BCUT2D eigenvalue weighted by atomic mass is 10.1. The van der Waals surface area contributed by atoms with Crippen LogP contribution in [0.25, 0.3) is 0 Å². The molecule has 0 atom stereocenters. The van der Waals surface area contributed by atoms with E-state index in [1.165, 1.54) is 30.3 Å². The van der Waals surface area contributed by atoms with Gasteiger partial charge in [-0.15, -0.1) is 10.2 Å². The molecule has 0 saturated heterocycles. The van der Waals surface area contributed by atoms with Crippen molar-refractivity contribution < 1.29 is 8.42 Å². The molecule has 0 spiro atoms. The van der Waals surface area contributed by atoms with E-state index in [1.807, 2.05) is 12.1 Å². The monoisotopic (exact) mass is 338 g/mol. The van der Waals surface area contributed by atoms with E-state index in [0.29, 0.717) is 5.69 Å². The maximum Gasteiger partial charge on any atom is 0.282 e. The third-order valence-corrected chi connectivity index (χ3v) is 3.44. The molecule has 0 aliphatic heterocycles. The fourth-order valence-electron chi connectivity index (χ4n) is 1.86. The Morgan fingerprint density at radius 3 is 2.25 bits per heavy atom. The summed E-state index contributed by atoms with van der Waals surface area (Å²) in [6.07, 6.45) is 0. The zero-order valence-corrected chi connectivity index (χ0v) is 13.4. The quantitative estimate of drug-likeness (QED) is 0.495. The molecule has 0 aromatic heterocycles. The van der Waals surface area contributed by atoms with Crippen molar-refractivity contribution >= 4 is 39.7 Å². The maximum atomic E-state index is 11.4. The van der Waals surface area contributed by atoms with Crippen LogP contribution in [0.5, 0.6) is 0 Å². The van der Waals surface area contributed by atoms with Crippen LogP contribution in [0.15, 0.2) is 46.6 Å². The summed E-state index contributed by atoms with van der Waals surface area (Å²) in [6, 6.07) is 12.9. The molecule has 0 aliphatic carbocycles. The predicted molar refractivity (Wildman–Crippen MR) is 92.0 cm³/mol. The highest BCUT2D eigenvalue weighted by Crippen LogP contribution is 2.31. The zero-order chi connectivity index (χ0) is 17.7. The molecule has 10 heteroatoms. The van der Waals surface area contributed by atoms with Crippen molar-refractivity contribution in [2.45, 2.75) is 0 Å². The lowest BCUT2D eigenvalue weighted by molar-refractivity contribution is 0.614. The summed E-state index contributed by atoms with van der Waals surface area (Å²) in [5, 5.41) is 26.1. The maximum absolute atomic E-state index is 11.4. The van der Waals surface area contributed by atoms with Gasteiger partial charge in [-0.2, -0.15) is 10.5 Å². The minimum Gasteiger partial charge on any atom is -0.399 e. The van der Waals surface area contributed by atoms with E-state index in [9.17, 15) is 8.42 Å². The number of hydrogen-bond acceptors (Lipinski definition) is 7. The number of nitrogens with two attached hydrogens (primary N) is 1. The number of nitrogens with zero attached hydrogens (tertiary/aromatic N) is 4. The van der Waals surface area contributed by atoms with E-state index >= 15 is 0 Å². The van der Waals surface area contributed by atoms with E-state index in [1.54, 1.807) is 6.07 Å². The number of nitrogens with one attached hydrogen (secondary N) is 1. The van der Waals surface area contributed by atoms with Crippen molar-refractivity contribution in [1.29, 1.82) is 10.5 Å². The van der Waals surface area contributed by atoms with Crippen LogP contribution in [0.1, 0.15) is 11.1 Å². The minimum absolute atomic E-state index is 0.115. The lowest BCUT2D eigenvalue weighted by Crippen LogP contribution is -2.11. The van der Waals surface area contributed by atoms with Crippen molar-refractivity contribution in [1.82, 2.24) is 0 Å². The summed E-state index contributed by atoms with van der Waals surface area (Å²) < 4.78 is 25.2. The summed E-state index contributed by atoms with van der Waals surface area (Å²) in [5.74, 6) is 0. The Balaban J connectivity index is 2.52. The second-order valence-corrected chi connectivity index (χ2v) is 6.52. The van der Waals surface area contributed by atoms with Crippen LogP contribution in [-0.2, 0) is 9.87 Å². The molecule has 0 bridgehead atoms. The fraction of sp³-hybridized carbons (Fsp3) is 0. The van der Waals surface area contributed by atoms with E-state index < -0.39 is 9.87 Å². The van der Waals surface area contributed by atoms with Gasteiger partial charge in [-0.25, -0.2) is 8.42 Å². The first-order chi connectivity index (χ1) is 11.3. The molecule has 0 heterocycles. The van der Waals surface area contributed by atoms with Gasteiger partial charge >= 0.3 is 0 Å². The third-order valence-electron chi connectivity index (χ3n) is 2.85. The van der Waals surface area contributed by atoms with Gasteiger partial charge in [0.15, 0.2) is 9.87 Å². The molecular formula is C14H11BN6O2S. The number of azo groups is 1. The molecule has 2 aromatic carbocycles. The Kier molecular flexibility index (Phi) is 4.82. The second kappa shape index (κ2) is 6.81. The molecule has 2 rings (SSSR count). The van der Waals surface area contributed by atoms with Gasteiger partial charge in [0, 0.05) is 5.69 Å². The van der Waals surface area contributed by atoms with Gasteiger partial charge in [-0.3, -0.25) is 4.72 Å². The van der Waals surface area contributed by atoms with Crippen molar-refractivity contribution in [2.24, 2.45) is 10.2 Å². The van der Waals surface area contributed by atoms with Crippen molar-refractivity contribution in [2.75, 3.05) is 10.5 Å². The number of rotatable bonds is 4. The summed E-state index contributed by atoms with van der Waals surface area (Å²) in [7, 11) is -2.54. The van der Waals surface area contributed by atoms with Crippen LogP contribution in [0, 0.1) is 22.7 Å². The van der Waals surface area contributed by atoms with Gasteiger partial charge in [0.05, 0.1) is 16.8 Å². The van der Waals surface area contributed by atoms with Crippen LogP contribution < -0.4 is 10.5 Å². The largest absolute Gasteiger partial charge is 0.399 e. The molecule has 0 amide bonds. The Morgan fingerprint density at radius 1 is 1.08 bits per heavy atom. The van der Waals surface area contributed by atoms with Crippen LogP contribution >= 0.6 is 0 Å². The molecule has 24 heavy (non-hydrogen) atoms. The Morgan fingerprint density at radius 2 is 1.71 bits per heavy atom. The number of nitrogen functional groups attached to an aromatic ring is 1. The highest BCUT2D eigenvalue weighted by Gasteiger charge is 2.10. The van der Waals surface area contributed by atoms with Crippen molar-refractivity contribution in [3.63, 3.8) is 0 Å². The van der Waals surface area contributed by atoms with Crippen molar-refractivity contribution in [3.8, 4) is 12.1 Å². The molecule has 3 N–H and O–H groups in total.